The van der Waals surface area contributed by atoms with E-state index in [1.54, 1.807) is 0 Å². The van der Waals surface area contributed by atoms with Gasteiger partial charge >= 0.3 is 11.9 Å². The van der Waals surface area contributed by atoms with Crippen LogP contribution in [0.2, 0.25) is 0 Å². The van der Waals surface area contributed by atoms with E-state index < -0.39 is 54.7 Å². The van der Waals surface area contributed by atoms with Crippen LogP contribution in [0.3, 0.4) is 0 Å². The molecule has 0 saturated carbocycles. The number of aliphatic carboxylic acids is 2. The fourth-order valence-electron chi connectivity index (χ4n) is 1.94. The maximum Gasteiger partial charge on any atom is 0.326 e. The molecule has 14 heteroatoms. The molecular formula is C14H25N7O7. The molecule has 0 saturated heterocycles. The van der Waals surface area contributed by atoms with Crippen molar-refractivity contribution in [3.63, 3.8) is 0 Å². The van der Waals surface area contributed by atoms with Crippen LogP contribution < -0.4 is 33.2 Å². The van der Waals surface area contributed by atoms with E-state index in [0.717, 1.165) is 0 Å². The lowest BCUT2D eigenvalue weighted by molar-refractivity contribution is -0.147. The van der Waals surface area contributed by atoms with Crippen molar-refractivity contribution in [3.05, 3.63) is 0 Å². The minimum absolute atomic E-state index is 0.127. The third-order valence-electron chi connectivity index (χ3n) is 3.22. The number of nitrogens with two attached hydrogens (primary N) is 3. The molecule has 0 unspecified atom stereocenters. The van der Waals surface area contributed by atoms with Crippen LogP contribution in [0.5, 0.6) is 0 Å². The normalized spacial score (nSPS) is 12.2. The number of carboxylic acid groups (broad SMARTS) is 2. The highest BCUT2D eigenvalue weighted by molar-refractivity contribution is 5.92. The highest BCUT2D eigenvalue weighted by Gasteiger charge is 2.24. The molecular weight excluding hydrogens is 378 g/mol. The summed E-state index contributed by atoms with van der Waals surface area (Å²) in [4.78, 5) is 60.6. The second kappa shape index (κ2) is 12.9. The van der Waals surface area contributed by atoms with Crippen molar-refractivity contribution in [3.8, 4) is 0 Å². The van der Waals surface area contributed by atoms with Gasteiger partial charge in [-0.3, -0.25) is 24.2 Å². The highest BCUT2D eigenvalue weighted by Crippen LogP contribution is 1.99. The monoisotopic (exact) mass is 403 g/mol. The first-order valence-corrected chi connectivity index (χ1v) is 8.13. The van der Waals surface area contributed by atoms with Crippen LogP contribution in [-0.2, 0) is 24.0 Å². The number of carbonyl (C=O) groups excluding carboxylic acids is 3. The highest BCUT2D eigenvalue weighted by atomic mass is 16.4. The SMILES string of the molecule is NCC(=O)N[C@H](CCCN=C(N)N)C(=O)NCC(=O)N[C@@H](CC(=O)O)C(=O)O. The average molecular weight is 403 g/mol. The smallest absolute Gasteiger partial charge is 0.326 e. The Morgan fingerprint density at radius 1 is 0.964 bits per heavy atom. The molecule has 0 aliphatic rings. The van der Waals surface area contributed by atoms with Gasteiger partial charge < -0.3 is 43.4 Å². The Morgan fingerprint density at radius 3 is 2.07 bits per heavy atom. The van der Waals surface area contributed by atoms with Gasteiger partial charge in [-0.25, -0.2) is 4.79 Å². The maximum absolute atomic E-state index is 12.2. The van der Waals surface area contributed by atoms with Crippen LogP contribution in [0.15, 0.2) is 4.99 Å². The summed E-state index contributed by atoms with van der Waals surface area (Å²) in [7, 11) is 0. The van der Waals surface area contributed by atoms with Gasteiger partial charge in [0.1, 0.15) is 12.1 Å². The van der Waals surface area contributed by atoms with Crippen LogP contribution in [0, 0.1) is 0 Å². The molecule has 0 fully saturated rings. The van der Waals surface area contributed by atoms with Crippen LogP contribution in [0.25, 0.3) is 0 Å². The molecule has 0 heterocycles. The van der Waals surface area contributed by atoms with Gasteiger partial charge in [-0.1, -0.05) is 0 Å². The number of nitrogens with zero attached hydrogens (tertiary/aromatic N) is 1. The van der Waals surface area contributed by atoms with Crippen molar-refractivity contribution < 1.29 is 34.2 Å². The molecule has 0 aromatic carbocycles. The van der Waals surface area contributed by atoms with Gasteiger partial charge in [0.25, 0.3) is 0 Å². The number of carbonyl (C=O) groups is 5. The third-order valence-corrected chi connectivity index (χ3v) is 3.22. The molecule has 0 radical (unpaired) electrons. The molecule has 11 N–H and O–H groups in total. The van der Waals surface area contributed by atoms with E-state index >= 15 is 0 Å². The molecule has 2 atom stereocenters. The largest absolute Gasteiger partial charge is 0.481 e. The number of amides is 3. The van der Waals surface area contributed by atoms with Gasteiger partial charge in [0.15, 0.2) is 5.96 Å². The van der Waals surface area contributed by atoms with Crippen LogP contribution >= 0.6 is 0 Å². The zero-order valence-corrected chi connectivity index (χ0v) is 15.0. The first kappa shape index (κ1) is 24.6. The standard InChI is InChI=1S/C14H25N7O7/c15-5-9(22)20-7(2-1-3-18-14(16)17)12(26)19-6-10(23)21-8(13(27)28)4-11(24)25/h7-8H,1-6,15H2,(H,19,26)(H,20,22)(H,21,23)(H,24,25)(H,27,28)(H4,16,17,18)/t7-,8+/m1/s1. The van der Waals surface area contributed by atoms with E-state index in [1.807, 2.05) is 5.32 Å². The fraction of sp³-hybridized carbons (Fsp3) is 0.571. The number of guanidine groups is 1. The van der Waals surface area contributed by atoms with Gasteiger partial charge in [-0.05, 0) is 12.8 Å². The number of carboxylic acids is 2. The first-order valence-electron chi connectivity index (χ1n) is 8.13. The van der Waals surface area contributed by atoms with Crippen LogP contribution in [0.1, 0.15) is 19.3 Å². The quantitative estimate of drug-likeness (QED) is 0.0832. The zero-order valence-electron chi connectivity index (χ0n) is 15.0. The van der Waals surface area contributed by atoms with Gasteiger partial charge in [0.2, 0.25) is 17.7 Å². The molecule has 0 aromatic rings. The topological polar surface area (TPSA) is 252 Å². The zero-order chi connectivity index (χ0) is 21.7. The van der Waals surface area contributed by atoms with Gasteiger partial charge in [-0.15, -0.1) is 0 Å². The lowest BCUT2D eigenvalue weighted by Gasteiger charge is -2.18. The van der Waals surface area contributed by atoms with Crippen molar-refractivity contribution in [2.45, 2.75) is 31.3 Å². The number of nitrogens with one attached hydrogen (secondary N) is 3. The predicted octanol–water partition coefficient (Wildman–Crippen LogP) is -4.36. The molecule has 28 heavy (non-hydrogen) atoms. The first-order chi connectivity index (χ1) is 13.1. The number of hydrogen-bond donors (Lipinski definition) is 8. The summed E-state index contributed by atoms with van der Waals surface area (Å²) in [6, 6.07) is -2.67. The summed E-state index contributed by atoms with van der Waals surface area (Å²) in [6.07, 6.45) is -0.339. The Bertz CT molecular complexity index is 619. The minimum atomic E-state index is -1.64. The molecule has 0 spiro atoms. The summed E-state index contributed by atoms with van der Waals surface area (Å²) in [6.45, 7) is -0.765. The fourth-order valence-corrected chi connectivity index (χ4v) is 1.94. The summed E-state index contributed by atoms with van der Waals surface area (Å²) >= 11 is 0. The summed E-state index contributed by atoms with van der Waals surface area (Å²) < 4.78 is 0. The number of aliphatic imine (C=N–C) groups is 1. The molecule has 0 aliphatic heterocycles. The van der Waals surface area contributed by atoms with Crippen molar-refractivity contribution in [1.29, 1.82) is 0 Å². The van der Waals surface area contributed by atoms with Crippen molar-refractivity contribution in [2.24, 2.45) is 22.2 Å². The summed E-state index contributed by atoms with van der Waals surface area (Å²) in [5.41, 5.74) is 15.6. The molecule has 14 nitrogen and oxygen atoms in total. The molecule has 3 amide bonds. The van der Waals surface area contributed by atoms with E-state index in [2.05, 4.69) is 15.6 Å². The lowest BCUT2D eigenvalue weighted by atomic mass is 10.1. The van der Waals surface area contributed by atoms with Crippen molar-refractivity contribution in [1.82, 2.24) is 16.0 Å². The van der Waals surface area contributed by atoms with E-state index in [0.29, 0.717) is 6.42 Å². The van der Waals surface area contributed by atoms with Gasteiger partial charge in [0.05, 0.1) is 19.5 Å². The second-order valence-corrected chi connectivity index (χ2v) is 5.55. The second-order valence-electron chi connectivity index (χ2n) is 5.55. The number of rotatable bonds is 13. The van der Waals surface area contributed by atoms with Crippen molar-refractivity contribution >= 4 is 35.6 Å². The molecule has 0 aliphatic carbocycles. The molecule has 0 bridgehead atoms. The average Bonchev–Trinajstić information content (AvgIpc) is 2.60. The Balaban J connectivity index is 4.70. The minimum Gasteiger partial charge on any atom is -0.481 e. The van der Waals surface area contributed by atoms with E-state index in [9.17, 15) is 24.0 Å². The molecule has 0 aromatic heterocycles. The third kappa shape index (κ3) is 11.2. The number of hydrogen-bond acceptors (Lipinski definition) is 7. The van der Waals surface area contributed by atoms with E-state index in [-0.39, 0.29) is 25.5 Å². The Hall–Kier alpha value is -3.42. The Labute approximate surface area is 159 Å². The van der Waals surface area contributed by atoms with Crippen LogP contribution in [-0.4, -0.2) is 77.6 Å². The van der Waals surface area contributed by atoms with Crippen molar-refractivity contribution in [2.75, 3.05) is 19.6 Å². The molecule has 0 rings (SSSR count). The Kier molecular flexibility index (Phi) is 11.3. The van der Waals surface area contributed by atoms with Gasteiger partial charge in [-0.2, -0.15) is 0 Å². The van der Waals surface area contributed by atoms with E-state index in [1.165, 1.54) is 0 Å². The predicted molar refractivity (Wildman–Crippen MR) is 95.7 cm³/mol. The van der Waals surface area contributed by atoms with Gasteiger partial charge in [0, 0.05) is 6.54 Å². The molecule has 158 valence electrons. The maximum atomic E-state index is 12.2. The van der Waals surface area contributed by atoms with Crippen LogP contribution in [0.4, 0.5) is 0 Å². The summed E-state index contributed by atoms with van der Waals surface area (Å²) in [5, 5.41) is 24.1. The Morgan fingerprint density at radius 2 is 1.57 bits per heavy atom. The van der Waals surface area contributed by atoms with E-state index in [4.69, 9.17) is 27.4 Å². The lowest BCUT2D eigenvalue weighted by Crippen LogP contribution is -2.51. The summed E-state index contributed by atoms with van der Waals surface area (Å²) in [5.74, 6) is -5.30.